The van der Waals surface area contributed by atoms with Crippen LogP contribution in [0.1, 0.15) is 49.7 Å². The van der Waals surface area contributed by atoms with Crippen LogP contribution < -0.4 is 10.6 Å². The maximum Gasteiger partial charge on any atom is 0.407 e. The summed E-state index contributed by atoms with van der Waals surface area (Å²) in [5.74, 6) is -1.61. The van der Waals surface area contributed by atoms with E-state index in [1.165, 1.54) is 11.1 Å². The minimum absolute atomic E-state index is 0.00255. The van der Waals surface area contributed by atoms with Gasteiger partial charge < -0.3 is 20.5 Å². The van der Waals surface area contributed by atoms with Crippen molar-refractivity contribution in [2.24, 2.45) is 5.92 Å². The maximum atomic E-state index is 12.5. The number of carboxylic acids is 1. The number of alkyl carbamates (subject to hydrolysis) is 1. The van der Waals surface area contributed by atoms with Crippen LogP contribution in [-0.2, 0) is 14.3 Å². The fourth-order valence-electron chi connectivity index (χ4n) is 4.79. The van der Waals surface area contributed by atoms with Gasteiger partial charge in [-0.05, 0) is 47.9 Å². The van der Waals surface area contributed by atoms with Crippen molar-refractivity contribution in [1.29, 1.82) is 0 Å². The molecular formula is C25H28N2O5. The lowest BCUT2D eigenvalue weighted by Gasteiger charge is -2.18. The fraction of sp³-hybridized carbons (Fsp3) is 0.400. The Balaban J connectivity index is 1.30. The summed E-state index contributed by atoms with van der Waals surface area (Å²) in [6.07, 6.45) is 1.58. The topological polar surface area (TPSA) is 105 Å². The molecule has 2 amide bonds. The number of nitrogens with one attached hydrogen (secondary N) is 2. The van der Waals surface area contributed by atoms with Crippen LogP contribution in [0.15, 0.2) is 48.5 Å². The Hall–Kier alpha value is -3.35. The number of amides is 2. The SMILES string of the molecule is CC[C@@H](NC(=O)[C@@H]1CC[C@H](NC(=O)OCC2c3ccccc3-c3ccccc32)C1)C(=O)O. The second-order valence-corrected chi connectivity index (χ2v) is 8.48. The summed E-state index contributed by atoms with van der Waals surface area (Å²) in [4.78, 5) is 36.0. The van der Waals surface area contributed by atoms with E-state index in [1.54, 1.807) is 6.92 Å². The highest BCUT2D eigenvalue weighted by molar-refractivity contribution is 5.85. The molecule has 0 heterocycles. The first kappa shape index (κ1) is 21.9. The van der Waals surface area contributed by atoms with Crippen LogP contribution in [0, 0.1) is 5.92 Å². The van der Waals surface area contributed by atoms with E-state index in [9.17, 15) is 14.4 Å². The van der Waals surface area contributed by atoms with E-state index < -0.39 is 18.1 Å². The van der Waals surface area contributed by atoms with Gasteiger partial charge in [0, 0.05) is 17.9 Å². The zero-order chi connectivity index (χ0) is 22.7. The van der Waals surface area contributed by atoms with E-state index in [0.29, 0.717) is 25.7 Å². The van der Waals surface area contributed by atoms with Crippen molar-refractivity contribution in [3.63, 3.8) is 0 Å². The van der Waals surface area contributed by atoms with Gasteiger partial charge in [-0.25, -0.2) is 9.59 Å². The second kappa shape index (κ2) is 9.42. The predicted molar refractivity (Wildman–Crippen MR) is 119 cm³/mol. The van der Waals surface area contributed by atoms with Gasteiger partial charge in [-0.15, -0.1) is 0 Å². The summed E-state index contributed by atoms with van der Waals surface area (Å²) in [7, 11) is 0. The molecule has 0 aliphatic heterocycles. The molecule has 0 radical (unpaired) electrons. The minimum atomic E-state index is -1.04. The monoisotopic (exact) mass is 436 g/mol. The molecule has 3 N–H and O–H groups in total. The van der Waals surface area contributed by atoms with Crippen molar-refractivity contribution < 1.29 is 24.2 Å². The third kappa shape index (κ3) is 4.47. The lowest BCUT2D eigenvalue weighted by molar-refractivity contribution is -0.142. The van der Waals surface area contributed by atoms with Crippen LogP contribution in [-0.4, -0.2) is 41.8 Å². The number of aliphatic carboxylic acids is 1. The number of fused-ring (bicyclic) bond motifs is 3. The highest BCUT2D eigenvalue weighted by atomic mass is 16.5. The van der Waals surface area contributed by atoms with Crippen molar-refractivity contribution in [2.45, 2.75) is 50.6 Å². The van der Waals surface area contributed by atoms with Gasteiger partial charge in [0.1, 0.15) is 12.6 Å². The van der Waals surface area contributed by atoms with Crippen LogP contribution in [0.5, 0.6) is 0 Å². The van der Waals surface area contributed by atoms with Crippen molar-refractivity contribution in [3.8, 4) is 11.1 Å². The Morgan fingerprint density at radius 1 is 1.03 bits per heavy atom. The van der Waals surface area contributed by atoms with Gasteiger partial charge in [0.15, 0.2) is 0 Å². The summed E-state index contributed by atoms with van der Waals surface area (Å²) >= 11 is 0. The summed E-state index contributed by atoms with van der Waals surface area (Å²) < 4.78 is 5.58. The fourth-order valence-corrected chi connectivity index (χ4v) is 4.79. The molecule has 4 rings (SSSR count). The van der Waals surface area contributed by atoms with E-state index in [0.717, 1.165) is 11.1 Å². The first-order chi connectivity index (χ1) is 15.5. The number of carbonyl (C=O) groups is 3. The van der Waals surface area contributed by atoms with Crippen molar-refractivity contribution in [3.05, 3.63) is 59.7 Å². The minimum Gasteiger partial charge on any atom is -0.480 e. The van der Waals surface area contributed by atoms with Crippen molar-refractivity contribution >= 4 is 18.0 Å². The molecule has 32 heavy (non-hydrogen) atoms. The first-order valence-corrected chi connectivity index (χ1v) is 11.1. The van der Waals surface area contributed by atoms with Crippen LogP contribution in [0.3, 0.4) is 0 Å². The van der Waals surface area contributed by atoms with Crippen molar-refractivity contribution in [2.75, 3.05) is 6.61 Å². The van der Waals surface area contributed by atoms with Gasteiger partial charge in [-0.3, -0.25) is 4.79 Å². The molecule has 0 bridgehead atoms. The van der Waals surface area contributed by atoms with E-state index in [4.69, 9.17) is 9.84 Å². The normalized spacial score (nSPS) is 20.2. The number of benzene rings is 2. The number of carboxylic acid groups (broad SMARTS) is 1. The molecular weight excluding hydrogens is 408 g/mol. The zero-order valence-electron chi connectivity index (χ0n) is 18.0. The lowest BCUT2D eigenvalue weighted by Crippen LogP contribution is -2.43. The summed E-state index contributed by atoms with van der Waals surface area (Å²) in [5, 5.41) is 14.6. The largest absolute Gasteiger partial charge is 0.480 e. The third-order valence-electron chi connectivity index (χ3n) is 6.49. The maximum absolute atomic E-state index is 12.5. The Labute approximate surface area is 187 Å². The Kier molecular flexibility index (Phi) is 6.44. The summed E-state index contributed by atoms with van der Waals surface area (Å²) in [5.41, 5.74) is 4.66. The molecule has 1 saturated carbocycles. The molecule has 7 heteroatoms. The number of hydrogen-bond donors (Lipinski definition) is 3. The molecule has 0 aromatic heterocycles. The first-order valence-electron chi connectivity index (χ1n) is 11.1. The number of rotatable bonds is 7. The van der Waals surface area contributed by atoms with E-state index in [2.05, 4.69) is 34.9 Å². The number of ether oxygens (including phenoxy) is 1. The van der Waals surface area contributed by atoms with Gasteiger partial charge in [0.25, 0.3) is 0 Å². The van der Waals surface area contributed by atoms with E-state index in [-0.39, 0.29) is 30.4 Å². The van der Waals surface area contributed by atoms with Gasteiger partial charge in [0.2, 0.25) is 5.91 Å². The molecule has 2 aromatic rings. The summed E-state index contributed by atoms with van der Waals surface area (Å²) in [6.45, 7) is 1.96. The number of hydrogen-bond acceptors (Lipinski definition) is 4. The van der Waals surface area contributed by atoms with Crippen LogP contribution >= 0.6 is 0 Å². The van der Waals surface area contributed by atoms with Gasteiger partial charge in [0.05, 0.1) is 0 Å². The van der Waals surface area contributed by atoms with E-state index in [1.807, 2.05) is 24.3 Å². The molecule has 2 aliphatic carbocycles. The summed E-state index contributed by atoms with van der Waals surface area (Å²) in [6, 6.07) is 15.3. The smallest absolute Gasteiger partial charge is 0.407 e. The predicted octanol–water partition coefficient (Wildman–Crippen LogP) is 3.67. The molecule has 2 aliphatic rings. The van der Waals surface area contributed by atoms with E-state index >= 15 is 0 Å². The molecule has 0 saturated heterocycles. The van der Waals surface area contributed by atoms with Gasteiger partial charge in [-0.1, -0.05) is 55.5 Å². The Morgan fingerprint density at radius 3 is 2.25 bits per heavy atom. The lowest BCUT2D eigenvalue weighted by atomic mass is 9.98. The van der Waals surface area contributed by atoms with Crippen LogP contribution in [0.4, 0.5) is 4.79 Å². The average Bonchev–Trinajstić information content (AvgIpc) is 3.38. The average molecular weight is 437 g/mol. The molecule has 0 spiro atoms. The van der Waals surface area contributed by atoms with Gasteiger partial charge >= 0.3 is 12.1 Å². The highest BCUT2D eigenvalue weighted by Gasteiger charge is 2.33. The molecule has 0 unspecified atom stereocenters. The standard InChI is InChI=1S/C25H28N2O5/c1-2-22(24(29)30)27-23(28)15-11-12-16(13-15)26-25(31)32-14-21-19-9-5-3-7-17(19)18-8-4-6-10-20(18)21/h3-10,15-16,21-22H,2,11-14H2,1H3,(H,26,31)(H,27,28)(H,29,30)/t15-,16+,22-/m1/s1. The molecule has 2 aromatic carbocycles. The molecule has 1 fully saturated rings. The highest BCUT2D eigenvalue weighted by Crippen LogP contribution is 2.44. The number of carbonyl (C=O) groups excluding carboxylic acids is 2. The molecule has 3 atom stereocenters. The zero-order valence-corrected chi connectivity index (χ0v) is 18.0. The van der Waals surface area contributed by atoms with Crippen molar-refractivity contribution in [1.82, 2.24) is 10.6 Å². The van der Waals surface area contributed by atoms with Crippen LogP contribution in [0.2, 0.25) is 0 Å². The molecule has 168 valence electrons. The second-order valence-electron chi connectivity index (χ2n) is 8.48. The van der Waals surface area contributed by atoms with Gasteiger partial charge in [-0.2, -0.15) is 0 Å². The Morgan fingerprint density at radius 2 is 1.66 bits per heavy atom. The van der Waals surface area contributed by atoms with Crippen LogP contribution in [0.25, 0.3) is 11.1 Å². The quantitative estimate of drug-likeness (QED) is 0.614. The Bertz CT molecular complexity index is 975. The third-order valence-corrected chi connectivity index (χ3v) is 6.49. The molecule has 7 nitrogen and oxygen atoms in total.